The molecule has 2 aromatic heterocycles. The summed E-state index contributed by atoms with van der Waals surface area (Å²) in [6.07, 6.45) is 7.31. The number of hydrogen-bond acceptors (Lipinski definition) is 6. The lowest BCUT2D eigenvalue weighted by Gasteiger charge is -2.30. The van der Waals surface area contributed by atoms with Gasteiger partial charge in [0, 0.05) is 30.1 Å². The summed E-state index contributed by atoms with van der Waals surface area (Å²) in [5, 5.41) is 3.89. The lowest BCUT2D eigenvalue weighted by atomic mass is 10.1. The van der Waals surface area contributed by atoms with E-state index in [0.29, 0.717) is 23.8 Å². The molecule has 5 rings (SSSR count). The van der Waals surface area contributed by atoms with Crippen LogP contribution in [0.4, 0.5) is 11.4 Å². The average molecular weight is 469 g/mol. The number of carbonyl (C=O) groups is 1. The summed E-state index contributed by atoms with van der Waals surface area (Å²) in [6, 6.07) is 8.07. The number of rotatable bonds is 7. The summed E-state index contributed by atoms with van der Waals surface area (Å²) in [6.45, 7) is 2.09. The van der Waals surface area contributed by atoms with Crippen LogP contribution in [-0.4, -0.2) is 34.7 Å². The van der Waals surface area contributed by atoms with Crippen molar-refractivity contribution < 1.29 is 4.79 Å². The normalized spacial score (nSPS) is 15.8. The van der Waals surface area contributed by atoms with Gasteiger partial charge in [0.2, 0.25) is 5.91 Å². The number of aryl methyl sites for hydroxylation is 2. The van der Waals surface area contributed by atoms with Gasteiger partial charge in [-0.15, -0.1) is 11.3 Å². The molecule has 3 aromatic rings. The maximum atomic E-state index is 12.6. The first-order valence-corrected chi connectivity index (χ1v) is 13.4. The molecule has 8 heteroatoms. The van der Waals surface area contributed by atoms with E-state index in [2.05, 4.69) is 26.3 Å². The zero-order valence-corrected chi connectivity index (χ0v) is 19.7. The number of benzene rings is 1. The molecule has 1 aromatic carbocycles. The second-order valence-corrected chi connectivity index (χ2v) is 10.7. The van der Waals surface area contributed by atoms with Gasteiger partial charge in [0.05, 0.1) is 22.5 Å². The predicted molar refractivity (Wildman–Crippen MR) is 134 cm³/mol. The molecular weight excluding hydrogens is 440 g/mol. The minimum Gasteiger partial charge on any atom is -0.370 e. The van der Waals surface area contributed by atoms with Crippen molar-refractivity contribution in [3.63, 3.8) is 0 Å². The largest absolute Gasteiger partial charge is 0.370 e. The van der Waals surface area contributed by atoms with E-state index in [-0.39, 0.29) is 11.5 Å². The van der Waals surface area contributed by atoms with Crippen LogP contribution in [0.3, 0.4) is 0 Å². The topological polar surface area (TPSA) is 78.1 Å². The van der Waals surface area contributed by atoms with Crippen molar-refractivity contribution in [2.24, 2.45) is 0 Å². The molecule has 1 aliphatic heterocycles. The van der Waals surface area contributed by atoms with Crippen LogP contribution in [-0.2, 0) is 23.4 Å². The fraction of sp³-hybridized carbons (Fsp3) is 0.458. The van der Waals surface area contributed by atoms with Crippen molar-refractivity contribution in [2.45, 2.75) is 50.7 Å². The van der Waals surface area contributed by atoms with Crippen LogP contribution in [0.15, 0.2) is 29.1 Å². The summed E-state index contributed by atoms with van der Waals surface area (Å²) in [5.74, 6) is 2.00. The molecule has 1 aliphatic carbocycles. The van der Waals surface area contributed by atoms with Crippen LogP contribution >= 0.6 is 23.1 Å². The fourth-order valence-electron chi connectivity index (χ4n) is 4.65. The number of piperidine rings is 1. The van der Waals surface area contributed by atoms with Crippen LogP contribution < -0.4 is 15.8 Å². The Morgan fingerprint density at radius 1 is 1.16 bits per heavy atom. The SMILES string of the molecule is O=C(CCSCc1nc2sc3c(c2c(=O)[nH]1)CCC3)Nc1ccccc1N1CCCCC1. The second-order valence-electron chi connectivity index (χ2n) is 8.47. The van der Waals surface area contributed by atoms with Gasteiger partial charge in [0.15, 0.2) is 0 Å². The van der Waals surface area contributed by atoms with Crippen molar-refractivity contribution >= 4 is 50.6 Å². The Kier molecular flexibility index (Phi) is 6.50. The van der Waals surface area contributed by atoms with Gasteiger partial charge in [-0.05, 0) is 56.2 Å². The lowest BCUT2D eigenvalue weighted by Crippen LogP contribution is -2.30. The summed E-state index contributed by atoms with van der Waals surface area (Å²) in [7, 11) is 0. The van der Waals surface area contributed by atoms with Crippen molar-refractivity contribution in [3.8, 4) is 0 Å². The van der Waals surface area contributed by atoms with E-state index in [9.17, 15) is 9.59 Å². The number of thiophene rings is 1. The van der Waals surface area contributed by atoms with Crippen LogP contribution in [0, 0.1) is 0 Å². The minimum absolute atomic E-state index is 0.0166. The molecule has 0 unspecified atom stereocenters. The van der Waals surface area contributed by atoms with Crippen LogP contribution in [0.5, 0.6) is 0 Å². The van der Waals surface area contributed by atoms with Crippen molar-refractivity contribution in [3.05, 3.63) is 50.9 Å². The Morgan fingerprint density at radius 3 is 2.88 bits per heavy atom. The third-order valence-electron chi connectivity index (χ3n) is 6.21. The van der Waals surface area contributed by atoms with Gasteiger partial charge in [0.1, 0.15) is 10.7 Å². The number of hydrogen-bond donors (Lipinski definition) is 2. The Labute approximate surface area is 195 Å². The first kappa shape index (κ1) is 21.5. The first-order chi connectivity index (χ1) is 15.7. The summed E-state index contributed by atoms with van der Waals surface area (Å²) < 4.78 is 0. The Hall–Kier alpha value is -2.32. The fourth-order valence-corrected chi connectivity index (χ4v) is 6.74. The van der Waals surface area contributed by atoms with E-state index in [1.807, 2.05) is 18.2 Å². The number of nitrogens with one attached hydrogen (secondary N) is 2. The molecule has 0 bridgehead atoms. The molecule has 2 N–H and O–H groups in total. The van der Waals surface area contributed by atoms with Crippen molar-refractivity contribution in [1.29, 1.82) is 0 Å². The molecule has 0 spiro atoms. The quantitative estimate of drug-likeness (QED) is 0.491. The number of aromatic nitrogens is 2. The molecule has 1 amide bonds. The van der Waals surface area contributed by atoms with Crippen molar-refractivity contribution in [1.82, 2.24) is 9.97 Å². The molecular formula is C24H28N4O2S2. The molecule has 6 nitrogen and oxygen atoms in total. The number of thioether (sulfide) groups is 1. The van der Waals surface area contributed by atoms with Crippen LogP contribution in [0.1, 0.15) is 48.4 Å². The smallest absolute Gasteiger partial charge is 0.259 e. The number of amides is 1. The Balaban J connectivity index is 1.15. The highest BCUT2D eigenvalue weighted by atomic mass is 32.2. The number of H-pyrrole nitrogens is 1. The van der Waals surface area contributed by atoms with Gasteiger partial charge in [-0.1, -0.05) is 12.1 Å². The van der Waals surface area contributed by atoms with Gasteiger partial charge in [-0.2, -0.15) is 11.8 Å². The van der Waals surface area contributed by atoms with E-state index in [1.165, 1.54) is 29.7 Å². The third kappa shape index (κ3) is 4.57. The number of aromatic amines is 1. The molecule has 0 radical (unpaired) electrons. The summed E-state index contributed by atoms with van der Waals surface area (Å²) in [5.41, 5.74) is 3.20. The third-order valence-corrected chi connectivity index (χ3v) is 8.37. The number of fused-ring (bicyclic) bond motifs is 3. The molecule has 1 fully saturated rings. The zero-order chi connectivity index (χ0) is 21.9. The van der Waals surface area contributed by atoms with Gasteiger partial charge in [-0.3, -0.25) is 9.59 Å². The van der Waals surface area contributed by atoms with Gasteiger partial charge >= 0.3 is 0 Å². The maximum absolute atomic E-state index is 12.6. The monoisotopic (exact) mass is 468 g/mol. The van der Waals surface area contributed by atoms with Crippen LogP contribution in [0.25, 0.3) is 10.2 Å². The number of nitrogens with zero attached hydrogens (tertiary/aromatic N) is 2. The number of anilines is 2. The standard InChI is InChI=1S/C24H28N4O2S2/c29-21(25-17-8-2-3-9-18(17)28-12-4-1-5-13-28)11-14-31-15-20-26-23(30)22-16-7-6-10-19(16)32-24(22)27-20/h2-3,8-9H,1,4-7,10-15H2,(H,25,29)(H,26,27,30). The van der Waals surface area contributed by atoms with E-state index in [0.717, 1.165) is 53.9 Å². The maximum Gasteiger partial charge on any atom is 0.259 e. The van der Waals surface area contributed by atoms with Gasteiger partial charge in [0.25, 0.3) is 5.56 Å². The Bertz CT molecular complexity index is 1180. The number of para-hydroxylation sites is 2. The minimum atomic E-state index is -0.0166. The van der Waals surface area contributed by atoms with E-state index < -0.39 is 0 Å². The lowest BCUT2D eigenvalue weighted by molar-refractivity contribution is -0.115. The van der Waals surface area contributed by atoms with E-state index in [4.69, 9.17) is 0 Å². The molecule has 0 atom stereocenters. The van der Waals surface area contributed by atoms with E-state index >= 15 is 0 Å². The Morgan fingerprint density at radius 2 is 2.00 bits per heavy atom. The van der Waals surface area contributed by atoms with Gasteiger partial charge < -0.3 is 15.2 Å². The molecule has 168 valence electrons. The summed E-state index contributed by atoms with van der Waals surface area (Å²) >= 11 is 3.29. The molecule has 32 heavy (non-hydrogen) atoms. The first-order valence-electron chi connectivity index (χ1n) is 11.4. The predicted octanol–water partition coefficient (Wildman–Crippen LogP) is 4.73. The van der Waals surface area contributed by atoms with Crippen molar-refractivity contribution in [2.75, 3.05) is 29.1 Å². The van der Waals surface area contributed by atoms with Crippen LogP contribution in [0.2, 0.25) is 0 Å². The molecule has 3 heterocycles. The molecule has 1 saturated heterocycles. The highest BCUT2D eigenvalue weighted by Gasteiger charge is 2.21. The van der Waals surface area contributed by atoms with E-state index in [1.54, 1.807) is 23.1 Å². The summed E-state index contributed by atoms with van der Waals surface area (Å²) in [4.78, 5) is 37.3. The number of carbonyl (C=O) groups excluding carboxylic acids is 1. The molecule has 0 saturated carbocycles. The zero-order valence-electron chi connectivity index (χ0n) is 18.1. The highest BCUT2D eigenvalue weighted by molar-refractivity contribution is 7.98. The highest BCUT2D eigenvalue weighted by Crippen LogP contribution is 2.34. The average Bonchev–Trinajstić information content (AvgIpc) is 3.39. The second kappa shape index (κ2) is 9.67. The van der Waals surface area contributed by atoms with Gasteiger partial charge in [-0.25, -0.2) is 4.98 Å². The molecule has 2 aliphatic rings.